The van der Waals surface area contributed by atoms with Crippen molar-refractivity contribution in [1.29, 1.82) is 0 Å². The second kappa shape index (κ2) is 8.04. The third-order valence-corrected chi connectivity index (χ3v) is 3.66. The molecule has 0 saturated carbocycles. The van der Waals surface area contributed by atoms with Gasteiger partial charge in [0.1, 0.15) is 0 Å². The summed E-state index contributed by atoms with van der Waals surface area (Å²) in [4.78, 5) is 5.38. The van der Waals surface area contributed by atoms with Crippen LogP contribution < -0.4 is 5.32 Å². The lowest BCUT2D eigenvalue weighted by molar-refractivity contribution is 0.199. The van der Waals surface area contributed by atoms with Crippen molar-refractivity contribution in [1.82, 2.24) is 15.5 Å². The molecule has 20 heavy (non-hydrogen) atoms. The van der Waals surface area contributed by atoms with Crippen molar-refractivity contribution in [3.8, 4) is 0 Å². The molecule has 108 valence electrons. The monoisotopic (exact) mass is 293 g/mol. The van der Waals surface area contributed by atoms with Crippen molar-refractivity contribution in [2.75, 3.05) is 20.3 Å². The van der Waals surface area contributed by atoms with E-state index < -0.39 is 0 Å². The van der Waals surface area contributed by atoms with Gasteiger partial charge in [-0.15, -0.1) is 11.8 Å². The average Bonchev–Trinajstić information content (AvgIpc) is 2.88. The maximum atomic E-state index is 5.08. The van der Waals surface area contributed by atoms with Gasteiger partial charge >= 0.3 is 0 Å². The normalized spacial score (nSPS) is 10.9. The van der Waals surface area contributed by atoms with Crippen molar-refractivity contribution in [3.05, 3.63) is 41.5 Å². The standard InChI is InChI=1S/C14H19N3O2S/c1-11-16-14(19-17-11)10-20-13-5-3-12(4-6-13)9-15-7-8-18-2/h3-6,15H,7-10H2,1-2H3. The number of ether oxygens (including phenoxy) is 1. The Morgan fingerprint density at radius 2 is 2.10 bits per heavy atom. The second-order valence-electron chi connectivity index (χ2n) is 4.34. The summed E-state index contributed by atoms with van der Waals surface area (Å²) in [5.41, 5.74) is 1.26. The van der Waals surface area contributed by atoms with E-state index >= 15 is 0 Å². The lowest BCUT2D eigenvalue weighted by Gasteiger charge is -2.05. The zero-order chi connectivity index (χ0) is 14.2. The quantitative estimate of drug-likeness (QED) is 0.596. The SMILES string of the molecule is COCCNCc1ccc(SCc2nc(C)no2)cc1. The van der Waals surface area contributed by atoms with Gasteiger partial charge in [0.05, 0.1) is 12.4 Å². The highest BCUT2D eigenvalue weighted by Crippen LogP contribution is 2.22. The molecule has 0 aliphatic heterocycles. The van der Waals surface area contributed by atoms with Crippen molar-refractivity contribution in [3.63, 3.8) is 0 Å². The van der Waals surface area contributed by atoms with Crippen LogP contribution in [-0.4, -0.2) is 30.4 Å². The largest absolute Gasteiger partial charge is 0.383 e. The molecule has 0 aliphatic carbocycles. The molecule has 2 rings (SSSR count). The van der Waals surface area contributed by atoms with E-state index in [1.807, 2.05) is 6.92 Å². The first-order chi connectivity index (χ1) is 9.78. The molecule has 0 atom stereocenters. The molecule has 0 unspecified atom stereocenters. The lowest BCUT2D eigenvalue weighted by atomic mass is 10.2. The fourth-order valence-corrected chi connectivity index (χ4v) is 2.39. The molecule has 0 aliphatic rings. The Labute approximate surface area is 123 Å². The molecule has 0 amide bonds. The molecule has 0 spiro atoms. The Balaban J connectivity index is 1.76. The van der Waals surface area contributed by atoms with Crippen LogP contribution in [-0.2, 0) is 17.0 Å². The Bertz CT molecular complexity index is 513. The van der Waals surface area contributed by atoms with E-state index in [1.54, 1.807) is 18.9 Å². The Hall–Kier alpha value is -1.37. The van der Waals surface area contributed by atoms with Crippen molar-refractivity contribution in [2.45, 2.75) is 24.1 Å². The van der Waals surface area contributed by atoms with E-state index in [1.165, 1.54) is 10.5 Å². The number of aryl methyl sites for hydroxylation is 1. The second-order valence-corrected chi connectivity index (χ2v) is 5.39. The van der Waals surface area contributed by atoms with Crippen LogP contribution >= 0.6 is 11.8 Å². The van der Waals surface area contributed by atoms with Crippen LogP contribution in [0, 0.1) is 6.92 Å². The number of nitrogens with one attached hydrogen (secondary N) is 1. The van der Waals surface area contributed by atoms with E-state index in [2.05, 4.69) is 39.7 Å². The van der Waals surface area contributed by atoms with Gasteiger partial charge in [0.15, 0.2) is 5.82 Å². The predicted molar refractivity (Wildman–Crippen MR) is 78.6 cm³/mol. The van der Waals surface area contributed by atoms with E-state index in [4.69, 9.17) is 9.26 Å². The number of thioether (sulfide) groups is 1. The van der Waals surface area contributed by atoms with Crippen molar-refractivity contribution in [2.24, 2.45) is 0 Å². The molecule has 1 N–H and O–H groups in total. The minimum absolute atomic E-state index is 0.665. The molecule has 1 aromatic heterocycles. The van der Waals surface area contributed by atoms with Gasteiger partial charge < -0.3 is 14.6 Å². The van der Waals surface area contributed by atoms with Gasteiger partial charge in [-0.2, -0.15) is 4.98 Å². The first kappa shape index (κ1) is 15.0. The zero-order valence-electron chi connectivity index (χ0n) is 11.8. The van der Waals surface area contributed by atoms with E-state index in [0.717, 1.165) is 19.7 Å². The van der Waals surface area contributed by atoms with Gasteiger partial charge in [0.25, 0.3) is 0 Å². The minimum Gasteiger partial charge on any atom is -0.383 e. The Morgan fingerprint density at radius 3 is 2.75 bits per heavy atom. The first-order valence-electron chi connectivity index (χ1n) is 6.48. The van der Waals surface area contributed by atoms with Crippen LogP contribution in [0.4, 0.5) is 0 Å². The first-order valence-corrected chi connectivity index (χ1v) is 7.47. The lowest BCUT2D eigenvalue weighted by Crippen LogP contribution is -2.18. The number of methoxy groups -OCH3 is 1. The molecular weight excluding hydrogens is 274 g/mol. The molecule has 0 bridgehead atoms. The molecular formula is C14H19N3O2S. The van der Waals surface area contributed by atoms with E-state index in [0.29, 0.717) is 17.5 Å². The number of rotatable bonds is 8. The summed E-state index contributed by atoms with van der Waals surface area (Å²) in [6.45, 7) is 4.28. The van der Waals surface area contributed by atoms with Gasteiger partial charge in [-0.1, -0.05) is 17.3 Å². The van der Waals surface area contributed by atoms with Crippen LogP contribution in [0.5, 0.6) is 0 Å². The number of benzene rings is 1. The van der Waals surface area contributed by atoms with Crippen LogP contribution in [0.1, 0.15) is 17.3 Å². The van der Waals surface area contributed by atoms with Crippen molar-refractivity contribution < 1.29 is 9.26 Å². The summed E-state index contributed by atoms with van der Waals surface area (Å²) in [6, 6.07) is 8.48. The number of aromatic nitrogens is 2. The molecule has 5 nitrogen and oxygen atoms in total. The summed E-state index contributed by atoms with van der Waals surface area (Å²) in [5, 5.41) is 7.09. The molecule has 2 aromatic rings. The Kier molecular flexibility index (Phi) is 6.04. The van der Waals surface area contributed by atoms with Gasteiger partial charge in [-0.25, -0.2) is 0 Å². The Morgan fingerprint density at radius 1 is 1.30 bits per heavy atom. The maximum absolute atomic E-state index is 5.08. The summed E-state index contributed by atoms with van der Waals surface area (Å²) in [5.74, 6) is 2.04. The highest BCUT2D eigenvalue weighted by Gasteiger charge is 2.03. The average molecular weight is 293 g/mol. The molecule has 1 aromatic carbocycles. The van der Waals surface area contributed by atoms with E-state index in [-0.39, 0.29) is 0 Å². The third kappa shape index (κ3) is 4.96. The maximum Gasteiger partial charge on any atom is 0.236 e. The van der Waals surface area contributed by atoms with Gasteiger partial charge in [0.2, 0.25) is 5.89 Å². The molecule has 6 heteroatoms. The predicted octanol–water partition coefficient (Wildman–Crippen LogP) is 2.41. The van der Waals surface area contributed by atoms with Gasteiger partial charge in [-0.05, 0) is 24.6 Å². The van der Waals surface area contributed by atoms with Crippen LogP contribution in [0.25, 0.3) is 0 Å². The molecule has 1 heterocycles. The van der Waals surface area contributed by atoms with Gasteiger partial charge in [-0.3, -0.25) is 0 Å². The van der Waals surface area contributed by atoms with Gasteiger partial charge in [0, 0.05) is 25.1 Å². The number of nitrogens with zero attached hydrogens (tertiary/aromatic N) is 2. The highest BCUT2D eigenvalue weighted by molar-refractivity contribution is 7.98. The third-order valence-electron chi connectivity index (χ3n) is 2.67. The minimum atomic E-state index is 0.665. The highest BCUT2D eigenvalue weighted by atomic mass is 32.2. The summed E-state index contributed by atoms with van der Waals surface area (Å²) >= 11 is 1.69. The summed E-state index contributed by atoms with van der Waals surface area (Å²) < 4.78 is 10.1. The summed E-state index contributed by atoms with van der Waals surface area (Å²) in [7, 11) is 1.71. The van der Waals surface area contributed by atoms with Crippen LogP contribution in [0.15, 0.2) is 33.7 Å². The summed E-state index contributed by atoms with van der Waals surface area (Å²) in [6.07, 6.45) is 0. The topological polar surface area (TPSA) is 60.2 Å². The zero-order valence-corrected chi connectivity index (χ0v) is 12.6. The number of hydrogen-bond donors (Lipinski definition) is 1. The fraction of sp³-hybridized carbons (Fsp3) is 0.429. The molecule has 0 saturated heterocycles. The van der Waals surface area contributed by atoms with E-state index in [9.17, 15) is 0 Å². The van der Waals surface area contributed by atoms with Crippen molar-refractivity contribution >= 4 is 11.8 Å². The molecule has 0 radical (unpaired) electrons. The van der Waals surface area contributed by atoms with Crippen LogP contribution in [0.3, 0.4) is 0 Å². The van der Waals surface area contributed by atoms with Crippen LogP contribution in [0.2, 0.25) is 0 Å². The number of hydrogen-bond acceptors (Lipinski definition) is 6. The smallest absolute Gasteiger partial charge is 0.236 e. The fourth-order valence-electron chi connectivity index (χ4n) is 1.65. The molecule has 0 fully saturated rings.